The van der Waals surface area contributed by atoms with Crippen molar-refractivity contribution in [2.45, 2.75) is 12.5 Å². The van der Waals surface area contributed by atoms with Crippen LogP contribution >= 0.6 is 0 Å². The van der Waals surface area contributed by atoms with Crippen LogP contribution in [0.2, 0.25) is 0 Å². The third-order valence-electron chi connectivity index (χ3n) is 3.54. The van der Waals surface area contributed by atoms with Crippen LogP contribution in [0, 0.1) is 10.1 Å². The molecule has 8 heteroatoms. The Kier molecular flexibility index (Phi) is 3.84. The summed E-state index contributed by atoms with van der Waals surface area (Å²) in [4.78, 5) is 22.3. The van der Waals surface area contributed by atoms with Gasteiger partial charge in [-0.25, -0.2) is 4.68 Å². The van der Waals surface area contributed by atoms with Crippen molar-refractivity contribution in [2.24, 2.45) is 0 Å². The summed E-state index contributed by atoms with van der Waals surface area (Å²) in [6, 6.07) is 7.75. The van der Waals surface area contributed by atoms with Gasteiger partial charge in [-0.2, -0.15) is 5.10 Å². The molecule has 8 nitrogen and oxygen atoms in total. The summed E-state index contributed by atoms with van der Waals surface area (Å²) in [7, 11) is 0. The summed E-state index contributed by atoms with van der Waals surface area (Å²) < 4.78 is 1.52. The predicted molar refractivity (Wildman–Crippen MR) is 79.0 cm³/mol. The first-order chi connectivity index (χ1) is 10.6. The number of hydrogen-bond donors (Lipinski definition) is 2. The van der Waals surface area contributed by atoms with E-state index in [0.29, 0.717) is 11.4 Å². The highest BCUT2D eigenvalue weighted by atomic mass is 16.6. The van der Waals surface area contributed by atoms with Crippen LogP contribution in [0.25, 0.3) is 5.69 Å². The second-order valence-electron chi connectivity index (χ2n) is 5.08. The molecule has 0 radical (unpaired) electrons. The Labute approximate surface area is 126 Å². The number of nitrogens with one attached hydrogen (secondary N) is 2. The molecule has 1 unspecified atom stereocenters. The van der Waals surface area contributed by atoms with E-state index in [-0.39, 0.29) is 17.6 Å². The Balaban J connectivity index is 1.72. The zero-order chi connectivity index (χ0) is 15.5. The van der Waals surface area contributed by atoms with Gasteiger partial charge in [-0.15, -0.1) is 0 Å². The van der Waals surface area contributed by atoms with Gasteiger partial charge in [-0.1, -0.05) is 0 Å². The Morgan fingerprint density at radius 3 is 2.77 bits per heavy atom. The number of hydrogen-bond acceptors (Lipinski definition) is 5. The molecular weight excluding hydrogens is 286 g/mol. The number of nitrogens with zero attached hydrogens (tertiary/aromatic N) is 3. The zero-order valence-electron chi connectivity index (χ0n) is 11.7. The maximum absolute atomic E-state index is 12.1. The molecule has 22 heavy (non-hydrogen) atoms. The topological polar surface area (TPSA) is 102 Å². The summed E-state index contributed by atoms with van der Waals surface area (Å²) in [6.07, 6.45) is 2.57. The summed E-state index contributed by atoms with van der Waals surface area (Å²) in [6.45, 7) is 1.68. The number of carbonyl (C=O) groups is 1. The SMILES string of the molecule is O=C(NC1CCNC1)c1ccn(-c2ccc([N+](=O)[O-])cc2)n1. The van der Waals surface area contributed by atoms with Crippen LogP contribution < -0.4 is 10.6 Å². The van der Waals surface area contributed by atoms with Crippen molar-refractivity contribution >= 4 is 11.6 Å². The average molecular weight is 301 g/mol. The molecule has 1 aromatic carbocycles. The van der Waals surface area contributed by atoms with Gasteiger partial charge < -0.3 is 10.6 Å². The van der Waals surface area contributed by atoms with Crippen LogP contribution in [0.5, 0.6) is 0 Å². The molecule has 2 N–H and O–H groups in total. The number of nitro benzene ring substituents is 1. The first-order valence-electron chi connectivity index (χ1n) is 6.95. The Hall–Kier alpha value is -2.74. The number of nitro groups is 1. The van der Waals surface area contributed by atoms with E-state index in [1.54, 1.807) is 24.4 Å². The lowest BCUT2D eigenvalue weighted by molar-refractivity contribution is -0.384. The van der Waals surface area contributed by atoms with Gasteiger partial charge in [0, 0.05) is 30.9 Å². The third kappa shape index (κ3) is 2.96. The summed E-state index contributed by atoms with van der Waals surface area (Å²) >= 11 is 0. The minimum atomic E-state index is -0.457. The second-order valence-corrected chi connectivity index (χ2v) is 5.08. The van der Waals surface area contributed by atoms with Crippen LogP contribution in [0.1, 0.15) is 16.9 Å². The van der Waals surface area contributed by atoms with E-state index in [1.807, 2.05) is 0 Å². The van der Waals surface area contributed by atoms with E-state index < -0.39 is 4.92 Å². The lowest BCUT2D eigenvalue weighted by Crippen LogP contribution is -2.36. The maximum Gasteiger partial charge on any atom is 0.272 e. The van der Waals surface area contributed by atoms with Crippen molar-refractivity contribution in [3.8, 4) is 5.69 Å². The molecule has 1 atom stereocenters. The Morgan fingerprint density at radius 1 is 1.36 bits per heavy atom. The number of amides is 1. The quantitative estimate of drug-likeness (QED) is 0.644. The molecule has 114 valence electrons. The number of benzene rings is 1. The first-order valence-corrected chi connectivity index (χ1v) is 6.95. The molecule has 1 aliphatic heterocycles. The highest BCUT2D eigenvalue weighted by molar-refractivity contribution is 5.92. The number of carbonyl (C=O) groups excluding carboxylic acids is 1. The van der Waals surface area contributed by atoms with Crippen molar-refractivity contribution in [2.75, 3.05) is 13.1 Å². The number of rotatable bonds is 4. The van der Waals surface area contributed by atoms with Crippen LogP contribution in [0.3, 0.4) is 0 Å². The highest BCUT2D eigenvalue weighted by Gasteiger charge is 2.19. The zero-order valence-corrected chi connectivity index (χ0v) is 11.7. The molecule has 3 rings (SSSR count). The minimum Gasteiger partial charge on any atom is -0.347 e. The molecule has 1 fully saturated rings. The monoisotopic (exact) mass is 301 g/mol. The molecule has 2 heterocycles. The lowest BCUT2D eigenvalue weighted by Gasteiger charge is -2.09. The van der Waals surface area contributed by atoms with E-state index in [1.165, 1.54) is 16.8 Å². The molecule has 1 saturated heterocycles. The summed E-state index contributed by atoms with van der Waals surface area (Å²) in [5.74, 6) is -0.214. The second kappa shape index (κ2) is 5.94. The van der Waals surface area contributed by atoms with Crippen molar-refractivity contribution in [3.05, 3.63) is 52.3 Å². The molecule has 2 aromatic rings. The highest BCUT2D eigenvalue weighted by Crippen LogP contribution is 2.15. The van der Waals surface area contributed by atoms with Crippen LogP contribution in [-0.4, -0.2) is 39.7 Å². The molecule has 0 saturated carbocycles. The number of aromatic nitrogens is 2. The van der Waals surface area contributed by atoms with Gasteiger partial charge in [0.15, 0.2) is 5.69 Å². The van der Waals surface area contributed by atoms with Gasteiger partial charge >= 0.3 is 0 Å². The van der Waals surface area contributed by atoms with E-state index in [9.17, 15) is 14.9 Å². The van der Waals surface area contributed by atoms with E-state index in [2.05, 4.69) is 15.7 Å². The van der Waals surface area contributed by atoms with Gasteiger partial charge in [0.05, 0.1) is 10.6 Å². The largest absolute Gasteiger partial charge is 0.347 e. The molecule has 1 aliphatic rings. The predicted octanol–water partition coefficient (Wildman–Crippen LogP) is 0.872. The fraction of sp³-hybridized carbons (Fsp3) is 0.286. The van der Waals surface area contributed by atoms with E-state index >= 15 is 0 Å². The molecule has 0 aliphatic carbocycles. The van der Waals surface area contributed by atoms with E-state index in [0.717, 1.165) is 19.5 Å². The third-order valence-corrected chi connectivity index (χ3v) is 3.54. The fourth-order valence-corrected chi connectivity index (χ4v) is 2.35. The Morgan fingerprint density at radius 2 is 2.14 bits per heavy atom. The summed E-state index contributed by atoms with van der Waals surface area (Å²) in [5, 5.41) is 20.9. The van der Waals surface area contributed by atoms with Crippen molar-refractivity contribution < 1.29 is 9.72 Å². The normalized spacial score (nSPS) is 17.4. The van der Waals surface area contributed by atoms with Gasteiger partial charge in [0.1, 0.15) is 0 Å². The molecule has 1 aromatic heterocycles. The van der Waals surface area contributed by atoms with Gasteiger partial charge in [-0.05, 0) is 31.2 Å². The van der Waals surface area contributed by atoms with Gasteiger partial charge in [0.25, 0.3) is 11.6 Å². The standard InChI is InChI=1S/C14H15N5O3/c20-14(16-10-5-7-15-9-10)13-6-8-18(17-13)11-1-3-12(4-2-11)19(21)22/h1-4,6,8,10,15H,5,7,9H2,(H,16,20). The lowest BCUT2D eigenvalue weighted by atomic mass is 10.2. The molecule has 1 amide bonds. The van der Waals surface area contributed by atoms with Gasteiger partial charge in [0.2, 0.25) is 0 Å². The van der Waals surface area contributed by atoms with Gasteiger partial charge in [-0.3, -0.25) is 14.9 Å². The maximum atomic E-state index is 12.1. The fourth-order valence-electron chi connectivity index (χ4n) is 2.35. The van der Waals surface area contributed by atoms with Crippen molar-refractivity contribution in [3.63, 3.8) is 0 Å². The molecule has 0 spiro atoms. The first kappa shape index (κ1) is 14.2. The van der Waals surface area contributed by atoms with Crippen LogP contribution in [0.4, 0.5) is 5.69 Å². The average Bonchev–Trinajstić information content (AvgIpc) is 3.18. The van der Waals surface area contributed by atoms with Crippen LogP contribution in [-0.2, 0) is 0 Å². The van der Waals surface area contributed by atoms with E-state index in [4.69, 9.17) is 0 Å². The summed E-state index contributed by atoms with van der Waals surface area (Å²) in [5.41, 5.74) is 1.00. The molecular formula is C14H15N5O3. The smallest absolute Gasteiger partial charge is 0.272 e. The molecule has 0 bridgehead atoms. The van der Waals surface area contributed by atoms with Crippen molar-refractivity contribution in [1.29, 1.82) is 0 Å². The number of non-ortho nitro benzene ring substituents is 1. The minimum absolute atomic E-state index is 0.0163. The van der Waals surface area contributed by atoms with Crippen LogP contribution in [0.15, 0.2) is 36.5 Å². The van der Waals surface area contributed by atoms with Crippen molar-refractivity contribution in [1.82, 2.24) is 20.4 Å². The Bertz CT molecular complexity index is 689.